The summed E-state index contributed by atoms with van der Waals surface area (Å²) >= 11 is 0. The molecule has 1 aromatic rings. The van der Waals surface area contributed by atoms with Crippen LogP contribution in [0, 0.1) is 10.1 Å². The van der Waals surface area contributed by atoms with Crippen molar-refractivity contribution in [3.63, 3.8) is 0 Å². The molecule has 1 N–H and O–H groups in total. The van der Waals surface area contributed by atoms with Gasteiger partial charge in [0, 0.05) is 30.3 Å². The average molecular weight is 262 g/mol. The Labute approximate surface area is 112 Å². The SMILES string of the molecule is C=C(C)COc1ccc([N+](=O)[O-])cc1CNC1CC1. The van der Waals surface area contributed by atoms with Crippen LogP contribution >= 0.6 is 0 Å². The maximum absolute atomic E-state index is 10.8. The van der Waals surface area contributed by atoms with Gasteiger partial charge in [-0.25, -0.2) is 0 Å². The summed E-state index contributed by atoms with van der Waals surface area (Å²) in [4.78, 5) is 10.4. The summed E-state index contributed by atoms with van der Waals surface area (Å²) in [6.45, 7) is 6.68. The topological polar surface area (TPSA) is 64.4 Å². The second-order valence-corrected chi connectivity index (χ2v) is 4.95. The van der Waals surface area contributed by atoms with Crippen LogP contribution in [0.15, 0.2) is 30.4 Å². The molecule has 102 valence electrons. The minimum Gasteiger partial charge on any atom is -0.489 e. The Hall–Kier alpha value is -1.88. The molecule has 0 heterocycles. The van der Waals surface area contributed by atoms with E-state index in [1.807, 2.05) is 6.92 Å². The van der Waals surface area contributed by atoms with Gasteiger partial charge in [0.2, 0.25) is 0 Å². The van der Waals surface area contributed by atoms with Crippen molar-refractivity contribution in [2.75, 3.05) is 6.61 Å². The predicted octanol–water partition coefficient (Wildman–Crippen LogP) is 2.80. The van der Waals surface area contributed by atoms with Gasteiger partial charge >= 0.3 is 0 Å². The van der Waals surface area contributed by atoms with Crippen LogP contribution in [0.25, 0.3) is 0 Å². The zero-order valence-corrected chi connectivity index (χ0v) is 11.0. The number of nitro groups is 1. The van der Waals surface area contributed by atoms with Crippen LogP contribution < -0.4 is 10.1 Å². The smallest absolute Gasteiger partial charge is 0.270 e. The largest absolute Gasteiger partial charge is 0.489 e. The van der Waals surface area contributed by atoms with Gasteiger partial charge in [-0.1, -0.05) is 6.58 Å². The van der Waals surface area contributed by atoms with Crippen LogP contribution in [-0.2, 0) is 6.54 Å². The molecule has 0 bridgehead atoms. The van der Waals surface area contributed by atoms with E-state index >= 15 is 0 Å². The number of hydrogen-bond acceptors (Lipinski definition) is 4. The van der Waals surface area contributed by atoms with E-state index in [-0.39, 0.29) is 10.6 Å². The van der Waals surface area contributed by atoms with Crippen LogP contribution in [0.5, 0.6) is 5.75 Å². The van der Waals surface area contributed by atoms with Crippen LogP contribution in [0.2, 0.25) is 0 Å². The number of ether oxygens (including phenoxy) is 1. The molecule has 0 atom stereocenters. The third-order valence-corrected chi connectivity index (χ3v) is 2.89. The van der Waals surface area contributed by atoms with Crippen molar-refractivity contribution < 1.29 is 9.66 Å². The molecule has 5 heteroatoms. The van der Waals surface area contributed by atoms with Gasteiger partial charge in [0.05, 0.1) is 4.92 Å². The fourth-order valence-corrected chi connectivity index (χ4v) is 1.70. The first-order valence-corrected chi connectivity index (χ1v) is 6.34. The molecule has 1 saturated carbocycles. The average Bonchev–Trinajstić information content (AvgIpc) is 3.18. The lowest BCUT2D eigenvalue weighted by molar-refractivity contribution is -0.384. The van der Waals surface area contributed by atoms with Gasteiger partial charge in [-0.15, -0.1) is 0 Å². The van der Waals surface area contributed by atoms with Gasteiger partial charge in [-0.3, -0.25) is 10.1 Å². The first-order chi connectivity index (χ1) is 9.06. The van der Waals surface area contributed by atoms with E-state index in [0.29, 0.717) is 24.9 Å². The molecule has 0 spiro atoms. The van der Waals surface area contributed by atoms with E-state index in [0.717, 1.165) is 11.1 Å². The Morgan fingerprint density at radius 1 is 1.58 bits per heavy atom. The summed E-state index contributed by atoms with van der Waals surface area (Å²) in [7, 11) is 0. The standard InChI is InChI=1S/C14H18N2O3/c1-10(2)9-19-14-6-5-13(16(17)18)7-11(14)8-15-12-3-4-12/h5-7,12,15H,1,3-4,8-9H2,2H3. The highest BCUT2D eigenvalue weighted by Gasteiger charge is 2.21. The molecule has 5 nitrogen and oxygen atoms in total. The Morgan fingerprint density at radius 2 is 2.32 bits per heavy atom. The number of nitrogens with zero attached hydrogens (tertiary/aromatic N) is 1. The summed E-state index contributed by atoms with van der Waals surface area (Å²) in [5.41, 5.74) is 1.83. The molecule has 19 heavy (non-hydrogen) atoms. The maximum atomic E-state index is 10.8. The van der Waals surface area contributed by atoms with Crippen molar-refractivity contribution in [1.29, 1.82) is 0 Å². The van der Waals surface area contributed by atoms with Crippen LogP contribution in [0.3, 0.4) is 0 Å². The van der Waals surface area contributed by atoms with E-state index in [1.165, 1.54) is 18.9 Å². The highest BCUT2D eigenvalue weighted by Crippen LogP contribution is 2.26. The zero-order valence-electron chi connectivity index (χ0n) is 11.0. The first-order valence-electron chi connectivity index (χ1n) is 6.34. The number of hydrogen-bond donors (Lipinski definition) is 1. The Bertz CT molecular complexity index is 495. The van der Waals surface area contributed by atoms with Gasteiger partial charge in [-0.05, 0) is 31.4 Å². The molecule has 0 radical (unpaired) electrons. The number of benzene rings is 1. The van der Waals surface area contributed by atoms with E-state index in [9.17, 15) is 10.1 Å². The predicted molar refractivity (Wildman–Crippen MR) is 73.3 cm³/mol. The summed E-state index contributed by atoms with van der Waals surface area (Å²) in [5.74, 6) is 0.682. The highest BCUT2D eigenvalue weighted by atomic mass is 16.6. The summed E-state index contributed by atoms with van der Waals surface area (Å²) in [6, 6.07) is 5.25. The quantitative estimate of drug-likeness (QED) is 0.466. The fraction of sp³-hybridized carbons (Fsp3) is 0.429. The molecule has 2 rings (SSSR count). The third kappa shape index (κ3) is 4.06. The Balaban J connectivity index is 2.13. The molecule has 0 amide bonds. The Kier molecular flexibility index (Phi) is 4.16. The molecule has 0 aromatic heterocycles. The number of nitrogens with one attached hydrogen (secondary N) is 1. The second kappa shape index (κ2) is 5.84. The van der Waals surface area contributed by atoms with Gasteiger partial charge in [0.15, 0.2) is 0 Å². The van der Waals surface area contributed by atoms with Crippen LogP contribution in [-0.4, -0.2) is 17.6 Å². The van der Waals surface area contributed by atoms with Crippen molar-refractivity contribution in [2.24, 2.45) is 0 Å². The van der Waals surface area contributed by atoms with Gasteiger partial charge in [0.1, 0.15) is 12.4 Å². The van der Waals surface area contributed by atoms with E-state index in [4.69, 9.17) is 4.74 Å². The first kappa shape index (κ1) is 13.5. The number of non-ortho nitro benzene ring substituents is 1. The lowest BCUT2D eigenvalue weighted by atomic mass is 10.1. The summed E-state index contributed by atoms with van der Waals surface area (Å²) in [6.07, 6.45) is 2.35. The van der Waals surface area contributed by atoms with Gasteiger partial charge < -0.3 is 10.1 Å². The summed E-state index contributed by atoms with van der Waals surface area (Å²) < 4.78 is 5.62. The van der Waals surface area contributed by atoms with Gasteiger partial charge in [0.25, 0.3) is 5.69 Å². The minimum atomic E-state index is -0.386. The normalized spacial score (nSPS) is 14.2. The van der Waals surface area contributed by atoms with E-state index in [2.05, 4.69) is 11.9 Å². The fourth-order valence-electron chi connectivity index (χ4n) is 1.70. The van der Waals surface area contributed by atoms with Crippen molar-refractivity contribution in [3.8, 4) is 5.75 Å². The molecular formula is C14H18N2O3. The molecule has 0 saturated heterocycles. The molecule has 1 aliphatic rings. The third-order valence-electron chi connectivity index (χ3n) is 2.89. The van der Waals surface area contributed by atoms with Gasteiger partial charge in [-0.2, -0.15) is 0 Å². The van der Waals surface area contributed by atoms with Crippen molar-refractivity contribution in [1.82, 2.24) is 5.32 Å². The lowest BCUT2D eigenvalue weighted by Crippen LogP contribution is -2.16. The molecule has 0 aliphatic heterocycles. The second-order valence-electron chi connectivity index (χ2n) is 4.95. The Morgan fingerprint density at radius 3 is 2.89 bits per heavy atom. The summed E-state index contributed by atoms with van der Waals surface area (Å²) in [5, 5.41) is 14.2. The van der Waals surface area contributed by atoms with Crippen molar-refractivity contribution in [3.05, 3.63) is 46.0 Å². The monoisotopic (exact) mass is 262 g/mol. The molecular weight excluding hydrogens is 244 g/mol. The lowest BCUT2D eigenvalue weighted by Gasteiger charge is -2.12. The highest BCUT2D eigenvalue weighted by molar-refractivity contribution is 5.44. The van der Waals surface area contributed by atoms with E-state index in [1.54, 1.807) is 12.1 Å². The maximum Gasteiger partial charge on any atom is 0.270 e. The van der Waals surface area contributed by atoms with Crippen LogP contribution in [0.1, 0.15) is 25.3 Å². The van der Waals surface area contributed by atoms with Crippen molar-refractivity contribution >= 4 is 5.69 Å². The molecule has 0 unspecified atom stereocenters. The van der Waals surface area contributed by atoms with E-state index < -0.39 is 0 Å². The molecule has 1 aromatic carbocycles. The van der Waals surface area contributed by atoms with Crippen molar-refractivity contribution in [2.45, 2.75) is 32.4 Å². The molecule has 1 fully saturated rings. The minimum absolute atomic E-state index is 0.0928. The zero-order chi connectivity index (χ0) is 13.8. The number of nitro benzene ring substituents is 1. The number of rotatable bonds is 7. The van der Waals surface area contributed by atoms with Crippen LogP contribution in [0.4, 0.5) is 5.69 Å². The molecule has 1 aliphatic carbocycles.